The van der Waals surface area contributed by atoms with Crippen LogP contribution in [0, 0.1) is 0 Å². The molecule has 7 nitrogen and oxygen atoms in total. The number of para-hydroxylation sites is 2. The van der Waals surface area contributed by atoms with Gasteiger partial charge >= 0.3 is 0 Å². The van der Waals surface area contributed by atoms with Crippen molar-refractivity contribution >= 4 is 56.2 Å². The number of anilines is 3. The van der Waals surface area contributed by atoms with Crippen LogP contribution in [0.15, 0.2) is 70.0 Å². The van der Waals surface area contributed by atoms with Gasteiger partial charge in [-0.2, -0.15) is 0 Å². The second-order valence-corrected chi connectivity index (χ2v) is 8.40. The molecule has 0 spiro atoms. The lowest BCUT2D eigenvalue weighted by atomic mass is 10.2. The van der Waals surface area contributed by atoms with E-state index in [1.807, 2.05) is 60.7 Å². The van der Waals surface area contributed by atoms with Crippen LogP contribution in [-0.4, -0.2) is 31.3 Å². The van der Waals surface area contributed by atoms with E-state index in [-0.39, 0.29) is 0 Å². The van der Waals surface area contributed by atoms with E-state index < -0.39 is 0 Å². The topological polar surface area (TPSA) is 77.5 Å². The highest BCUT2D eigenvalue weighted by Gasteiger charge is 2.13. The van der Waals surface area contributed by atoms with Gasteiger partial charge in [-0.3, -0.25) is 0 Å². The van der Waals surface area contributed by atoms with E-state index in [1.54, 1.807) is 21.3 Å². The van der Waals surface area contributed by atoms with Gasteiger partial charge in [-0.1, -0.05) is 28.1 Å². The number of halogens is 1. The lowest BCUT2D eigenvalue weighted by Crippen LogP contribution is -2.03. The molecule has 4 rings (SSSR count). The normalized spacial score (nSPS) is 10.6. The van der Waals surface area contributed by atoms with Gasteiger partial charge in [0.05, 0.1) is 37.3 Å². The summed E-state index contributed by atoms with van der Waals surface area (Å²) in [4.78, 5) is 10.5. The van der Waals surface area contributed by atoms with Gasteiger partial charge < -0.3 is 24.2 Å². The van der Waals surface area contributed by atoms with Gasteiger partial charge in [-0.05, 0) is 42.3 Å². The lowest BCUT2D eigenvalue weighted by molar-refractivity contribution is 0.395. The predicted molar refractivity (Wildman–Crippen MR) is 133 cm³/mol. The number of ether oxygens (including phenoxy) is 3. The van der Waals surface area contributed by atoms with Crippen molar-refractivity contribution in [3.05, 3.63) is 65.1 Å². The third-order valence-corrected chi connectivity index (χ3v) is 5.90. The van der Waals surface area contributed by atoms with Gasteiger partial charge in [0.25, 0.3) is 0 Å². The second kappa shape index (κ2) is 9.97. The van der Waals surface area contributed by atoms with E-state index in [1.165, 1.54) is 11.9 Å². The molecule has 2 N–H and O–H groups in total. The van der Waals surface area contributed by atoms with Gasteiger partial charge in [-0.25, -0.2) is 9.97 Å². The maximum atomic E-state index is 5.47. The molecule has 0 aliphatic heterocycles. The molecule has 164 valence electrons. The van der Waals surface area contributed by atoms with E-state index in [4.69, 9.17) is 24.2 Å². The summed E-state index contributed by atoms with van der Waals surface area (Å²) in [6.45, 7) is 0. The van der Waals surface area contributed by atoms with Gasteiger partial charge in [0.1, 0.15) is 17.2 Å². The number of hydrogen-bond donors (Lipinski definition) is 2. The van der Waals surface area contributed by atoms with Crippen LogP contribution in [-0.2, 0) is 0 Å². The number of benzene rings is 3. The Morgan fingerprint density at radius 3 is 2.06 bits per heavy atom. The minimum atomic E-state index is 0.570. The molecule has 0 fully saturated rings. The summed E-state index contributed by atoms with van der Waals surface area (Å²) in [5.41, 5.74) is 2.32. The van der Waals surface area contributed by atoms with Gasteiger partial charge in [-0.15, -0.1) is 0 Å². The van der Waals surface area contributed by atoms with Gasteiger partial charge in [0.2, 0.25) is 0 Å². The molecule has 0 saturated carbocycles. The molecule has 4 aromatic rings. The lowest BCUT2D eigenvalue weighted by Gasteiger charge is -2.15. The molecule has 0 saturated heterocycles. The fourth-order valence-electron chi connectivity index (χ4n) is 3.01. The van der Waals surface area contributed by atoms with Crippen molar-refractivity contribution in [2.75, 3.05) is 31.4 Å². The summed E-state index contributed by atoms with van der Waals surface area (Å²) in [5, 5.41) is 3.34. The number of hydrogen-bond acceptors (Lipinski definition) is 8. The highest BCUT2D eigenvalue weighted by molar-refractivity contribution is 9.10. The van der Waals surface area contributed by atoms with Crippen molar-refractivity contribution in [1.29, 1.82) is 0 Å². The summed E-state index contributed by atoms with van der Waals surface area (Å²) >= 11 is 4.90. The largest absolute Gasteiger partial charge is 0.497 e. The third kappa shape index (κ3) is 5.00. The Morgan fingerprint density at radius 1 is 0.781 bits per heavy atom. The van der Waals surface area contributed by atoms with E-state index >= 15 is 0 Å². The first-order valence-electron chi connectivity index (χ1n) is 9.63. The summed E-state index contributed by atoms with van der Waals surface area (Å²) in [6, 6.07) is 19.1. The monoisotopic (exact) mass is 512 g/mol. The molecule has 1 heterocycles. The Labute approximate surface area is 198 Å². The van der Waals surface area contributed by atoms with Crippen LogP contribution >= 0.6 is 27.9 Å². The smallest absolute Gasteiger partial charge is 0.180 e. The zero-order valence-corrected chi connectivity index (χ0v) is 20.1. The van der Waals surface area contributed by atoms with Gasteiger partial charge in [0, 0.05) is 28.4 Å². The molecule has 0 aliphatic rings. The zero-order chi connectivity index (χ0) is 22.5. The molecule has 3 aromatic carbocycles. The summed E-state index contributed by atoms with van der Waals surface area (Å²) in [5.74, 6) is 3.25. The average molecular weight is 513 g/mol. The molecule has 0 amide bonds. The minimum Gasteiger partial charge on any atom is -0.497 e. The van der Waals surface area contributed by atoms with E-state index in [0.717, 1.165) is 31.8 Å². The fourth-order valence-corrected chi connectivity index (χ4v) is 4.31. The van der Waals surface area contributed by atoms with Crippen molar-refractivity contribution < 1.29 is 14.2 Å². The Hall–Kier alpha value is -3.17. The maximum absolute atomic E-state index is 5.47. The van der Waals surface area contributed by atoms with E-state index in [2.05, 4.69) is 26.0 Å². The van der Waals surface area contributed by atoms with Crippen molar-refractivity contribution in [2.24, 2.45) is 0 Å². The van der Waals surface area contributed by atoms with Crippen LogP contribution in [0.25, 0.3) is 11.0 Å². The molecule has 1 aromatic heterocycles. The molecule has 9 heteroatoms. The number of rotatable bonds is 8. The molecule has 0 radical (unpaired) electrons. The zero-order valence-electron chi connectivity index (χ0n) is 17.7. The highest BCUT2D eigenvalue weighted by atomic mass is 79.9. The molecular weight excluding hydrogens is 492 g/mol. The molecule has 0 unspecified atom stereocenters. The third-order valence-electron chi connectivity index (χ3n) is 4.57. The quantitative estimate of drug-likeness (QED) is 0.267. The van der Waals surface area contributed by atoms with Crippen LogP contribution in [0.4, 0.5) is 17.3 Å². The SMILES string of the molecule is COc1cc(Nc2nc3ccccc3nc2NSc2cc(Br)ccc2OC)cc(OC)c1. The first-order chi connectivity index (χ1) is 15.6. The van der Waals surface area contributed by atoms with Gasteiger partial charge in [0.15, 0.2) is 11.6 Å². The summed E-state index contributed by atoms with van der Waals surface area (Å²) in [7, 11) is 4.87. The first kappa shape index (κ1) is 22.0. The summed E-state index contributed by atoms with van der Waals surface area (Å²) < 4.78 is 20.5. The number of nitrogens with one attached hydrogen (secondary N) is 2. The number of aromatic nitrogens is 2. The predicted octanol–water partition coefficient (Wildman–Crippen LogP) is 6.28. The number of fused-ring (bicyclic) bond motifs is 1. The minimum absolute atomic E-state index is 0.570. The highest BCUT2D eigenvalue weighted by Crippen LogP contribution is 2.35. The second-order valence-electron chi connectivity index (χ2n) is 6.64. The molecule has 0 aliphatic carbocycles. The maximum Gasteiger partial charge on any atom is 0.180 e. The molecule has 0 bridgehead atoms. The van der Waals surface area contributed by atoms with Crippen molar-refractivity contribution in [2.45, 2.75) is 4.90 Å². The number of nitrogens with zero attached hydrogens (tertiary/aromatic N) is 2. The molecular formula is C23H21BrN4O3S. The molecule has 32 heavy (non-hydrogen) atoms. The van der Waals surface area contributed by atoms with Crippen molar-refractivity contribution in [3.8, 4) is 17.2 Å². The average Bonchev–Trinajstić information content (AvgIpc) is 2.82. The van der Waals surface area contributed by atoms with Crippen LogP contribution in [0.5, 0.6) is 17.2 Å². The summed E-state index contributed by atoms with van der Waals surface area (Å²) in [6.07, 6.45) is 0. The van der Waals surface area contributed by atoms with Crippen molar-refractivity contribution in [3.63, 3.8) is 0 Å². The Bertz CT molecular complexity index is 1230. The fraction of sp³-hybridized carbons (Fsp3) is 0.130. The Balaban J connectivity index is 1.70. The van der Waals surface area contributed by atoms with Crippen LogP contribution in [0.1, 0.15) is 0 Å². The van der Waals surface area contributed by atoms with Crippen LogP contribution in [0.3, 0.4) is 0 Å². The van der Waals surface area contributed by atoms with Crippen LogP contribution in [0.2, 0.25) is 0 Å². The van der Waals surface area contributed by atoms with Crippen molar-refractivity contribution in [1.82, 2.24) is 9.97 Å². The Morgan fingerprint density at radius 2 is 1.44 bits per heavy atom. The van der Waals surface area contributed by atoms with E-state index in [9.17, 15) is 0 Å². The standard InChI is InChI=1S/C23H21BrN4O3S/c1-29-16-11-15(12-17(13-16)30-2)25-22-23(27-19-7-5-4-6-18(19)26-22)28-32-21-10-14(24)8-9-20(21)31-3/h4-13H,1-3H3,(H,25,26)(H,27,28). The molecule has 0 atom stereocenters. The number of methoxy groups -OCH3 is 3. The first-order valence-corrected chi connectivity index (χ1v) is 11.2. The Kier molecular flexibility index (Phi) is 6.87. The van der Waals surface area contributed by atoms with E-state index in [0.29, 0.717) is 23.1 Å². The van der Waals surface area contributed by atoms with Crippen LogP contribution < -0.4 is 24.2 Å².